The third-order valence-electron chi connectivity index (χ3n) is 4.41. The summed E-state index contributed by atoms with van der Waals surface area (Å²) in [5.74, 6) is 1.89. The number of hydrogen-bond donors (Lipinski definition) is 2. The van der Waals surface area contributed by atoms with E-state index in [1.54, 1.807) is 0 Å². The van der Waals surface area contributed by atoms with Crippen molar-refractivity contribution in [1.29, 1.82) is 0 Å². The quantitative estimate of drug-likeness (QED) is 0.872. The van der Waals surface area contributed by atoms with Crippen molar-refractivity contribution in [3.05, 3.63) is 29.3 Å². The van der Waals surface area contributed by atoms with Crippen LogP contribution in [0.4, 0.5) is 0 Å². The van der Waals surface area contributed by atoms with E-state index >= 15 is 0 Å². The van der Waals surface area contributed by atoms with Gasteiger partial charge in [-0.15, -0.1) is 0 Å². The summed E-state index contributed by atoms with van der Waals surface area (Å²) in [6, 6.07) is 7.02. The van der Waals surface area contributed by atoms with E-state index in [9.17, 15) is 0 Å². The van der Waals surface area contributed by atoms with Gasteiger partial charge in [-0.2, -0.15) is 0 Å². The molecule has 0 aromatic heterocycles. The number of fused-ring (bicyclic) bond motifs is 1. The predicted molar refractivity (Wildman–Crippen MR) is 77.3 cm³/mol. The van der Waals surface area contributed by atoms with Gasteiger partial charge >= 0.3 is 0 Å². The fourth-order valence-corrected chi connectivity index (χ4v) is 3.16. The van der Waals surface area contributed by atoms with Crippen LogP contribution in [0.25, 0.3) is 0 Å². The van der Waals surface area contributed by atoms with Gasteiger partial charge < -0.3 is 15.8 Å². The van der Waals surface area contributed by atoms with Crippen LogP contribution in [0.1, 0.15) is 36.8 Å². The Balaban J connectivity index is 1.45. The average molecular weight is 260 g/mol. The van der Waals surface area contributed by atoms with Gasteiger partial charge in [-0.05, 0) is 55.3 Å². The van der Waals surface area contributed by atoms with E-state index in [-0.39, 0.29) is 0 Å². The number of rotatable bonds is 4. The number of nitrogens with one attached hydrogen (secondary N) is 1. The van der Waals surface area contributed by atoms with Crippen LogP contribution in [-0.4, -0.2) is 19.2 Å². The monoisotopic (exact) mass is 260 g/mol. The van der Waals surface area contributed by atoms with Crippen molar-refractivity contribution in [1.82, 2.24) is 5.32 Å². The Morgan fingerprint density at radius 1 is 1.21 bits per heavy atom. The lowest BCUT2D eigenvalue weighted by molar-refractivity contribution is 0.314. The molecule has 1 aromatic carbocycles. The summed E-state index contributed by atoms with van der Waals surface area (Å²) in [6.45, 7) is 2.94. The molecule has 1 aliphatic carbocycles. The summed E-state index contributed by atoms with van der Waals surface area (Å²) in [5.41, 5.74) is 8.67. The van der Waals surface area contributed by atoms with Crippen molar-refractivity contribution >= 4 is 0 Å². The summed E-state index contributed by atoms with van der Waals surface area (Å²) in [4.78, 5) is 0. The van der Waals surface area contributed by atoms with Gasteiger partial charge in [0.1, 0.15) is 5.75 Å². The maximum atomic E-state index is 5.94. The molecule has 3 N–H and O–H groups in total. The van der Waals surface area contributed by atoms with Crippen LogP contribution in [0.2, 0.25) is 0 Å². The molecule has 19 heavy (non-hydrogen) atoms. The normalized spacial score (nSPS) is 25.9. The van der Waals surface area contributed by atoms with Gasteiger partial charge in [0.25, 0.3) is 0 Å². The molecule has 0 unspecified atom stereocenters. The molecule has 3 rings (SSSR count). The molecule has 0 spiro atoms. The van der Waals surface area contributed by atoms with Crippen LogP contribution in [0.3, 0.4) is 0 Å². The molecule has 1 fully saturated rings. The van der Waals surface area contributed by atoms with Crippen molar-refractivity contribution in [3.8, 4) is 5.75 Å². The number of benzene rings is 1. The van der Waals surface area contributed by atoms with E-state index in [1.165, 1.54) is 36.8 Å². The molecule has 1 aromatic rings. The summed E-state index contributed by atoms with van der Waals surface area (Å²) >= 11 is 0. The smallest absolute Gasteiger partial charge is 0.122 e. The van der Waals surface area contributed by atoms with Crippen LogP contribution in [-0.2, 0) is 13.0 Å². The van der Waals surface area contributed by atoms with Crippen LogP contribution in [0, 0.1) is 5.92 Å². The largest absolute Gasteiger partial charge is 0.493 e. The number of nitrogens with two attached hydrogens (primary N) is 1. The highest BCUT2D eigenvalue weighted by molar-refractivity contribution is 5.39. The Morgan fingerprint density at radius 2 is 2.05 bits per heavy atom. The zero-order valence-corrected chi connectivity index (χ0v) is 11.5. The lowest BCUT2D eigenvalue weighted by Gasteiger charge is -2.26. The Morgan fingerprint density at radius 3 is 2.89 bits per heavy atom. The SMILES string of the molecule is NC1CCC(CNCc2ccc3c(c2)CCO3)CC1. The molecule has 0 atom stereocenters. The number of hydrogen-bond acceptors (Lipinski definition) is 3. The zero-order chi connectivity index (χ0) is 13.1. The molecule has 3 heteroatoms. The summed E-state index contributed by atoms with van der Waals surface area (Å²) in [6.07, 6.45) is 6.02. The molecular weight excluding hydrogens is 236 g/mol. The topological polar surface area (TPSA) is 47.3 Å². The Bertz CT molecular complexity index is 425. The minimum atomic E-state index is 0.452. The van der Waals surface area contributed by atoms with Crippen molar-refractivity contribution in [2.45, 2.75) is 44.7 Å². The first kappa shape index (κ1) is 12.9. The molecule has 2 aliphatic rings. The summed E-state index contributed by atoms with van der Waals surface area (Å²) in [5, 5.41) is 3.60. The number of ether oxygens (including phenoxy) is 1. The van der Waals surface area contributed by atoms with Crippen molar-refractivity contribution in [2.75, 3.05) is 13.2 Å². The summed E-state index contributed by atoms with van der Waals surface area (Å²) in [7, 11) is 0. The third kappa shape index (κ3) is 3.28. The van der Waals surface area contributed by atoms with Gasteiger partial charge in [-0.3, -0.25) is 0 Å². The van der Waals surface area contributed by atoms with Crippen molar-refractivity contribution in [3.63, 3.8) is 0 Å². The standard InChI is InChI=1S/C16H24N2O/c17-15-4-1-12(2-5-15)10-18-11-13-3-6-16-14(9-13)7-8-19-16/h3,6,9,12,15,18H,1-2,4-5,7-8,10-11,17H2. The van der Waals surface area contributed by atoms with Crippen LogP contribution in [0.15, 0.2) is 18.2 Å². The van der Waals surface area contributed by atoms with Gasteiger partial charge in [0.2, 0.25) is 0 Å². The average Bonchev–Trinajstić information content (AvgIpc) is 2.88. The Kier molecular flexibility index (Phi) is 4.04. The summed E-state index contributed by atoms with van der Waals surface area (Å²) < 4.78 is 5.53. The molecule has 0 saturated heterocycles. The third-order valence-corrected chi connectivity index (χ3v) is 4.41. The van der Waals surface area contributed by atoms with Gasteiger partial charge in [-0.1, -0.05) is 12.1 Å². The van der Waals surface area contributed by atoms with Gasteiger partial charge in [-0.25, -0.2) is 0 Å². The van der Waals surface area contributed by atoms with E-state index in [0.717, 1.165) is 37.8 Å². The first-order valence-corrected chi connectivity index (χ1v) is 7.52. The highest BCUT2D eigenvalue weighted by atomic mass is 16.5. The second-order valence-corrected chi connectivity index (χ2v) is 5.95. The maximum absolute atomic E-state index is 5.94. The van der Waals surface area contributed by atoms with E-state index in [1.807, 2.05) is 0 Å². The molecule has 1 saturated carbocycles. The van der Waals surface area contributed by atoms with E-state index in [0.29, 0.717) is 6.04 Å². The first-order chi connectivity index (χ1) is 9.31. The first-order valence-electron chi connectivity index (χ1n) is 7.52. The second kappa shape index (κ2) is 5.93. The fraction of sp³-hybridized carbons (Fsp3) is 0.625. The van der Waals surface area contributed by atoms with Crippen molar-refractivity contribution < 1.29 is 4.74 Å². The highest BCUT2D eigenvalue weighted by Crippen LogP contribution is 2.26. The van der Waals surface area contributed by atoms with E-state index < -0.39 is 0 Å². The minimum absolute atomic E-state index is 0.452. The fourth-order valence-electron chi connectivity index (χ4n) is 3.16. The Labute approximate surface area is 115 Å². The highest BCUT2D eigenvalue weighted by Gasteiger charge is 2.18. The predicted octanol–water partition coefficient (Wildman–Crippen LogP) is 2.23. The molecular formula is C16H24N2O. The van der Waals surface area contributed by atoms with E-state index in [4.69, 9.17) is 10.5 Å². The van der Waals surface area contributed by atoms with Gasteiger partial charge in [0.05, 0.1) is 6.61 Å². The molecule has 1 aliphatic heterocycles. The van der Waals surface area contributed by atoms with Gasteiger partial charge in [0.15, 0.2) is 0 Å². The van der Waals surface area contributed by atoms with Crippen molar-refractivity contribution in [2.24, 2.45) is 11.7 Å². The zero-order valence-electron chi connectivity index (χ0n) is 11.5. The van der Waals surface area contributed by atoms with Crippen LogP contribution in [0.5, 0.6) is 5.75 Å². The minimum Gasteiger partial charge on any atom is -0.493 e. The molecule has 0 bridgehead atoms. The molecule has 3 nitrogen and oxygen atoms in total. The molecule has 1 heterocycles. The van der Waals surface area contributed by atoms with Crippen LogP contribution < -0.4 is 15.8 Å². The lowest BCUT2D eigenvalue weighted by atomic mass is 9.86. The molecule has 0 radical (unpaired) electrons. The molecule has 104 valence electrons. The van der Waals surface area contributed by atoms with E-state index in [2.05, 4.69) is 23.5 Å². The lowest BCUT2D eigenvalue weighted by Crippen LogP contribution is -2.31. The second-order valence-electron chi connectivity index (χ2n) is 5.95. The maximum Gasteiger partial charge on any atom is 0.122 e. The molecule has 0 amide bonds. The van der Waals surface area contributed by atoms with Crippen LogP contribution >= 0.6 is 0 Å². The van der Waals surface area contributed by atoms with Gasteiger partial charge in [0, 0.05) is 19.0 Å². The Hall–Kier alpha value is -1.06.